The van der Waals surface area contributed by atoms with Crippen molar-refractivity contribution >= 4 is 51.7 Å². The molecule has 1 fully saturated rings. The standard InChI is InChI=1S/C12H20N4OS3/c1-2-3-14-12-16-10(13)9(20-12)11(17)15-6-8-7-18-4-5-19-8/h8H,2-7,13H2,1H3,(H,14,16)(H,15,17). The van der Waals surface area contributed by atoms with Crippen molar-refractivity contribution in [3.8, 4) is 0 Å². The van der Waals surface area contributed by atoms with Gasteiger partial charge < -0.3 is 16.4 Å². The molecule has 1 aliphatic rings. The molecule has 2 heterocycles. The minimum absolute atomic E-state index is 0.110. The maximum absolute atomic E-state index is 12.1. The maximum Gasteiger partial charge on any atom is 0.265 e. The summed E-state index contributed by atoms with van der Waals surface area (Å²) in [4.78, 5) is 16.8. The first kappa shape index (κ1) is 15.8. The Kier molecular flexibility index (Phi) is 6.31. The highest BCUT2D eigenvalue weighted by atomic mass is 32.2. The molecule has 1 amide bonds. The summed E-state index contributed by atoms with van der Waals surface area (Å²) in [6.07, 6.45) is 1.01. The highest BCUT2D eigenvalue weighted by Crippen LogP contribution is 2.26. The van der Waals surface area contributed by atoms with Crippen molar-refractivity contribution in [2.24, 2.45) is 0 Å². The molecule has 5 nitrogen and oxygen atoms in total. The van der Waals surface area contributed by atoms with E-state index < -0.39 is 0 Å². The number of nitrogen functional groups attached to an aromatic ring is 1. The van der Waals surface area contributed by atoms with Crippen molar-refractivity contribution in [1.82, 2.24) is 10.3 Å². The first-order chi connectivity index (χ1) is 9.70. The van der Waals surface area contributed by atoms with Crippen LogP contribution in [0.1, 0.15) is 23.0 Å². The number of nitrogens with zero attached hydrogens (tertiary/aromatic N) is 1. The number of hydrogen-bond donors (Lipinski definition) is 3. The lowest BCUT2D eigenvalue weighted by Crippen LogP contribution is -2.33. The number of aromatic nitrogens is 1. The number of thiazole rings is 1. The SMILES string of the molecule is CCCNc1nc(N)c(C(=O)NCC2CSCCS2)s1. The number of amides is 1. The van der Waals surface area contributed by atoms with Crippen molar-refractivity contribution in [2.75, 3.05) is 41.4 Å². The zero-order chi connectivity index (χ0) is 14.4. The smallest absolute Gasteiger partial charge is 0.265 e. The van der Waals surface area contributed by atoms with E-state index in [9.17, 15) is 4.79 Å². The summed E-state index contributed by atoms with van der Waals surface area (Å²) in [5.74, 6) is 3.69. The lowest BCUT2D eigenvalue weighted by atomic mass is 10.4. The number of carbonyl (C=O) groups excluding carboxylic acids is 1. The molecule has 8 heteroatoms. The molecule has 1 saturated heterocycles. The molecule has 0 saturated carbocycles. The third-order valence-corrected chi connectivity index (χ3v) is 6.63. The van der Waals surface area contributed by atoms with Crippen LogP contribution in [0.15, 0.2) is 0 Å². The van der Waals surface area contributed by atoms with Crippen molar-refractivity contribution in [2.45, 2.75) is 18.6 Å². The van der Waals surface area contributed by atoms with E-state index in [0.29, 0.717) is 22.5 Å². The molecule has 2 rings (SSSR count). The van der Waals surface area contributed by atoms with Gasteiger partial charge in [-0.1, -0.05) is 18.3 Å². The van der Waals surface area contributed by atoms with Gasteiger partial charge >= 0.3 is 0 Å². The van der Waals surface area contributed by atoms with Crippen molar-refractivity contribution in [3.63, 3.8) is 0 Å². The van der Waals surface area contributed by atoms with Crippen LogP contribution in [0.25, 0.3) is 0 Å². The fourth-order valence-corrected chi connectivity index (χ4v) is 5.18. The molecule has 1 atom stereocenters. The van der Waals surface area contributed by atoms with E-state index in [4.69, 9.17) is 5.73 Å². The Hall–Kier alpha value is -0.600. The molecule has 1 aromatic heterocycles. The van der Waals surface area contributed by atoms with Gasteiger partial charge in [0.1, 0.15) is 10.7 Å². The average molecular weight is 333 g/mol. The third-order valence-electron chi connectivity index (χ3n) is 2.76. The summed E-state index contributed by atoms with van der Waals surface area (Å²) in [5.41, 5.74) is 5.81. The average Bonchev–Trinajstić information content (AvgIpc) is 2.85. The Bertz CT molecular complexity index is 446. The highest BCUT2D eigenvalue weighted by molar-refractivity contribution is 8.06. The Morgan fingerprint density at radius 2 is 2.35 bits per heavy atom. The molecule has 0 aliphatic carbocycles. The molecule has 0 spiro atoms. The molecule has 4 N–H and O–H groups in total. The number of carbonyl (C=O) groups is 1. The van der Waals surface area contributed by atoms with Gasteiger partial charge in [-0.05, 0) is 6.42 Å². The van der Waals surface area contributed by atoms with E-state index in [2.05, 4.69) is 22.5 Å². The lowest BCUT2D eigenvalue weighted by molar-refractivity contribution is 0.0959. The summed E-state index contributed by atoms with van der Waals surface area (Å²) in [5, 5.41) is 7.35. The molecule has 0 bridgehead atoms. The van der Waals surface area contributed by atoms with Crippen LogP contribution in [0.5, 0.6) is 0 Å². The number of anilines is 2. The van der Waals surface area contributed by atoms with Gasteiger partial charge in [0.15, 0.2) is 5.13 Å². The van der Waals surface area contributed by atoms with Gasteiger partial charge in [-0.2, -0.15) is 23.5 Å². The van der Waals surface area contributed by atoms with E-state index >= 15 is 0 Å². The van der Waals surface area contributed by atoms with E-state index in [1.807, 2.05) is 23.5 Å². The lowest BCUT2D eigenvalue weighted by Gasteiger charge is -2.20. The van der Waals surface area contributed by atoms with Crippen LogP contribution >= 0.6 is 34.9 Å². The maximum atomic E-state index is 12.1. The zero-order valence-electron chi connectivity index (χ0n) is 11.5. The first-order valence-electron chi connectivity index (χ1n) is 6.68. The van der Waals surface area contributed by atoms with Crippen LogP contribution in [0.4, 0.5) is 10.9 Å². The van der Waals surface area contributed by atoms with Crippen LogP contribution in [0.2, 0.25) is 0 Å². The monoisotopic (exact) mass is 332 g/mol. The number of nitrogens with one attached hydrogen (secondary N) is 2. The Balaban J connectivity index is 1.86. The van der Waals surface area contributed by atoms with Crippen LogP contribution < -0.4 is 16.4 Å². The summed E-state index contributed by atoms with van der Waals surface area (Å²) < 4.78 is 0. The summed E-state index contributed by atoms with van der Waals surface area (Å²) in [6, 6.07) is 0. The van der Waals surface area contributed by atoms with Crippen LogP contribution in [-0.4, -0.2) is 46.5 Å². The highest BCUT2D eigenvalue weighted by Gasteiger charge is 2.19. The van der Waals surface area contributed by atoms with Crippen LogP contribution in [-0.2, 0) is 0 Å². The van der Waals surface area contributed by atoms with Gasteiger partial charge in [-0.3, -0.25) is 4.79 Å². The first-order valence-corrected chi connectivity index (χ1v) is 9.70. The Morgan fingerprint density at radius 1 is 1.50 bits per heavy atom. The summed E-state index contributed by atoms with van der Waals surface area (Å²) in [6.45, 7) is 3.62. The van der Waals surface area contributed by atoms with Gasteiger partial charge in [0.05, 0.1) is 0 Å². The predicted octanol–water partition coefficient (Wildman–Crippen LogP) is 2.13. The van der Waals surface area contributed by atoms with Gasteiger partial charge in [-0.25, -0.2) is 4.98 Å². The molecule has 0 aromatic carbocycles. The molecular weight excluding hydrogens is 312 g/mol. The quantitative estimate of drug-likeness (QED) is 0.740. The zero-order valence-corrected chi connectivity index (χ0v) is 13.9. The number of thioether (sulfide) groups is 2. The molecular formula is C12H20N4OS3. The minimum atomic E-state index is -0.110. The van der Waals surface area contributed by atoms with E-state index in [1.54, 1.807) is 0 Å². The van der Waals surface area contributed by atoms with Gasteiger partial charge in [0.2, 0.25) is 0 Å². The molecule has 112 valence electrons. The van der Waals surface area contributed by atoms with Crippen molar-refractivity contribution in [3.05, 3.63) is 4.88 Å². The number of rotatable bonds is 6. The van der Waals surface area contributed by atoms with Gasteiger partial charge in [-0.15, -0.1) is 0 Å². The summed E-state index contributed by atoms with van der Waals surface area (Å²) in [7, 11) is 0. The van der Waals surface area contributed by atoms with Crippen LogP contribution in [0, 0.1) is 0 Å². The van der Waals surface area contributed by atoms with E-state index in [0.717, 1.165) is 23.8 Å². The fourth-order valence-electron chi connectivity index (χ4n) is 1.74. The predicted molar refractivity (Wildman–Crippen MR) is 91.2 cm³/mol. The molecule has 1 unspecified atom stereocenters. The number of nitrogens with two attached hydrogens (primary N) is 1. The fraction of sp³-hybridized carbons (Fsp3) is 0.667. The van der Waals surface area contributed by atoms with Gasteiger partial charge in [0.25, 0.3) is 5.91 Å². The van der Waals surface area contributed by atoms with Gasteiger partial charge in [0, 0.05) is 35.6 Å². The minimum Gasteiger partial charge on any atom is -0.382 e. The Morgan fingerprint density at radius 3 is 3.05 bits per heavy atom. The molecule has 20 heavy (non-hydrogen) atoms. The van der Waals surface area contributed by atoms with Crippen LogP contribution in [0.3, 0.4) is 0 Å². The molecule has 1 aromatic rings. The second-order valence-electron chi connectivity index (χ2n) is 4.44. The van der Waals surface area contributed by atoms with Crippen molar-refractivity contribution in [1.29, 1.82) is 0 Å². The largest absolute Gasteiger partial charge is 0.382 e. The molecule has 0 radical (unpaired) electrons. The van der Waals surface area contributed by atoms with E-state index in [1.165, 1.54) is 22.8 Å². The topological polar surface area (TPSA) is 80.0 Å². The second-order valence-corrected chi connectivity index (χ2v) is 8.00. The summed E-state index contributed by atoms with van der Waals surface area (Å²) >= 11 is 5.20. The number of hydrogen-bond acceptors (Lipinski definition) is 7. The Labute approximate surface area is 131 Å². The van der Waals surface area contributed by atoms with Crippen molar-refractivity contribution < 1.29 is 4.79 Å². The second kappa shape index (κ2) is 7.99. The molecule has 1 aliphatic heterocycles. The van der Waals surface area contributed by atoms with E-state index in [-0.39, 0.29) is 5.91 Å². The third kappa shape index (κ3) is 4.46. The normalized spacial score (nSPS) is 18.8.